The van der Waals surface area contributed by atoms with Crippen LogP contribution in [-0.4, -0.2) is 41.3 Å². The predicted molar refractivity (Wildman–Crippen MR) is 117 cm³/mol. The Kier molecular flexibility index (Phi) is 6.74. The van der Waals surface area contributed by atoms with E-state index in [1.165, 1.54) is 11.8 Å². The van der Waals surface area contributed by atoms with Crippen molar-refractivity contribution in [1.82, 2.24) is 15.3 Å². The highest BCUT2D eigenvalue weighted by molar-refractivity contribution is 7.99. The molecule has 1 aliphatic rings. The topological polar surface area (TPSA) is 93.4 Å². The van der Waals surface area contributed by atoms with Gasteiger partial charge in [-0.2, -0.15) is 0 Å². The van der Waals surface area contributed by atoms with Crippen molar-refractivity contribution in [1.29, 1.82) is 0 Å². The van der Waals surface area contributed by atoms with Gasteiger partial charge in [0.05, 0.1) is 29.7 Å². The smallest absolute Gasteiger partial charge is 0.407 e. The number of halogens is 1. The quantitative estimate of drug-likeness (QED) is 0.679. The molecule has 0 unspecified atom stereocenters. The molecule has 2 heterocycles. The second-order valence-electron chi connectivity index (χ2n) is 8.05. The molecule has 0 bridgehead atoms. The lowest BCUT2D eigenvalue weighted by molar-refractivity contribution is 0.123. The Morgan fingerprint density at radius 3 is 2.86 bits per heavy atom. The summed E-state index contributed by atoms with van der Waals surface area (Å²) in [6, 6.07) is 5.53. The molecule has 0 aliphatic carbocycles. The molecule has 3 rings (SSSR count). The van der Waals surface area contributed by atoms with Crippen LogP contribution in [0.5, 0.6) is 0 Å². The van der Waals surface area contributed by atoms with Gasteiger partial charge in [-0.05, 0) is 39.3 Å². The zero-order chi connectivity index (χ0) is 21.0. The van der Waals surface area contributed by atoms with Crippen molar-refractivity contribution in [2.45, 2.75) is 42.7 Å². The van der Waals surface area contributed by atoms with E-state index in [4.69, 9.17) is 22.1 Å². The normalized spacial score (nSPS) is 16.7. The molecule has 0 radical (unpaired) electrons. The molecule has 3 N–H and O–H groups in total. The fraction of sp³-hybridized carbons (Fsp3) is 0.450. The van der Waals surface area contributed by atoms with Crippen LogP contribution in [0.2, 0.25) is 5.02 Å². The Labute approximate surface area is 180 Å². The van der Waals surface area contributed by atoms with Crippen molar-refractivity contribution >= 4 is 41.0 Å². The van der Waals surface area contributed by atoms with Gasteiger partial charge in [-0.25, -0.2) is 14.8 Å². The molecule has 1 aromatic heterocycles. The van der Waals surface area contributed by atoms with E-state index in [1.54, 1.807) is 18.5 Å². The van der Waals surface area contributed by atoms with E-state index in [0.717, 1.165) is 35.2 Å². The highest BCUT2D eigenvalue weighted by atomic mass is 35.5. The van der Waals surface area contributed by atoms with Crippen molar-refractivity contribution in [3.8, 4) is 0 Å². The largest absolute Gasteiger partial charge is 0.449 e. The number of rotatable bonds is 5. The highest BCUT2D eigenvalue weighted by Gasteiger charge is 2.25. The van der Waals surface area contributed by atoms with Crippen LogP contribution in [0.25, 0.3) is 0 Å². The van der Waals surface area contributed by atoms with Crippen LogP contribution in [0.15, 0.2) is 40.5 Å². The van der Waals surface area contributed by atoms with E-state index < -0.39 is 0 Å². The van der Waals surface area contributed by atoms with Crippen molar-refractivity contribution in [2.75, 3.05) is 30.3 Å². The number of nitrogens with two attached hydrogens (primary N) is 1. The number of aromatic nitrogens is 2. The zero-order valence-corrected chi connectivity index (χ0v) is 18.4. The minimum Gasteiger partial charge on any atom is -0.449 e. The zero-order valence-electron chi connectivity index (χ0n) is 16.8. The average Bonchev–Trinajstić information content (AvgIpc) is 3.12. The number of ether oxygens (including phenoxy) is 1. The number of nitrogens with zero attached hydrogens (tertiary/aromatic N) is 3. The van der Waals surface area contributed by atoms with Crippen LogP contribution in [-0.2, 0) is 4.74 Å². The molecule has 1 amide bonds. The molecule has 156 valence electrons. The molecule has 29 heavy (non-hydrogen) atoms. The van der Waals surface area contributed by atoms with E-state index in [9.17, 15) is 4.79 Å². The lowest BCUT2D eigenvalue weighted by atomic mass is 10.1. The number of anilines is 2. The van der Waals surface area contributed by atoms with Gasteiger partial charge in [0, 0.05) is 29.4 Å². The molecule has 9 heteroatoms. The predicted octanol–water partition coefficient (Wildman–Crippen LogP) is 4.21. The minimum atomic E-state index is -0.377. The first-order valence-electron chi connectivity index (χ1n) is 9.45. The van der Waals surface area contributed by atoms with Crippen LogP contribution in [0.4, 0.5) is 16.3 Å². The average molecular weight is 436 g/mol. The summed E-state index contributed by atoms with van der Waals surface area (Å²) in [7, 11) is 0. The maximum Gasteiger partial charge on any atom is 0.407 e. The molecular formula is C20H26ClN5O2S. The van der Waals surface area contributed by atoms with E-state index in [1.807, 2.05) is 32.9 Å². The SMILES string of the molecule is CC(C)(C)NC(=O)OC[C@@H]1CCN(c2cnc(Sc3cccc(N)c3Cl)cn2)C1. The fourth-order valence-corrected chi connectivity index (χ4v) is 3.99. The summed E-state index contributed by atoms with van der Waals surface area (Å²) in [4.78, 5) is 23.8. The van der Waals surface area contributed by atoms with Gasteiger partial charge in [0.15, 0.2) is 0 Å². The first-order chi connectivity index (χ1) is 13.7. The maximum absolute atomic E-state index is 11.8. The van der Waals surface area contributed by atoms with E-state index in [2.05, 4.69) is 20.2 Å². The van der Waals surface area contributed by atoms with Gasteiger partial charge in [-0.3, -0.25) is 0 Å². The third-order valence-corrected chi connectivity index (χ3v) is 5.87. The summed E-state index contributed by atoms with van der Waals surface area (Å²) in [5.74, 6) is 1.09. The second kappa shape index (κ2) is 9.09. The number of carbonyl (C=O) groups is 1. The molecule has 0 spiro atoms. The van der Waals surface area contributed by atoms with Gasteiger partial charge in [-0.15, -0.1) is 0 Å². The van der Waals surface area contributed by atoms with Gasteiger partial charge in [0.1, 0.15) is 10.8 Å². The number of benzene rings is 1. The molecule has 1 aliphatic heterocycles. The number of nitrogen functional groups attached to an aromatic ring is 1. The van der Waals surface area contributed by atoms with E-state index in [0.29, 0.717) is 17.3 Å². The van der Waals surface area contributed by atoms with Crippen molar-refractivity contribution < 1.29 is 9.53 Å². The third-order valence-electron chi connectivity index (χ3n) is 4.36. The highest BCUT2D eigenvalue weighted by Crippen LogP contribution is 2.35. The Balaban J connectivity index is 1.52. The number of alkyl carbamates (subject to hydrolysis) is 1. The molecule has 2 aromatic rings. The number of nitrogens with one attached hydrogen (secondary N) is 1. The number of hydrogen-bond donors (Lipinski definition) is 2. The van der Waals surface area contributed by atoms with Crippen LogP contribution in [0.3, 0.4) is 0 Å². The van der Waals surface area contributed by atoms with Crippen LogP contribution >= 0.6 is 23.4 Å². The summed E-state index contributed by atoms with van der Waals surface area (Å²) in [6.07, 6.45) is 4.07. The lowest BCUT2D eigenvalue weighted by Crippen LogP contribution is -2.41. The summed E-state index contributed by atoms with van der Waals surface area (Å²) in [6.45, 7) is 7.81. The molecule has 0 saturated carbocycles. The Morgan fingerprint density at radius 1 is 1.38 bits per heavy atom. The maximum atomic E-state index is 11.8. The third kappa shape index (κ3) is 6.14. The standard InChI is InChI=1S/C20H26ClN5O2S/c1-20(2,3)25-19(27)28-12-13-7-8-26(11-13)16-9-24-17(10-23-16)29-15-6-4-5-14(22)18(15)21/h4-6,9-10,13H,7-8,11-12,22H2,1-3H3,(H,25,27)/t13-/m1/s1. The van der Waals surface area contributed by atoms with Gasteiger partial charge in [0.2, 0.25) is 0 Å². The van der Waals surface area contributed by atoms with E-state index in [-0.39, 0.29) is 17.6 Å². The van der Waals surface area contributed by atoms with Crippen LogP contribution in [0.1, 0.15) is 27.2 Å². The number of carbonyl (C=O) groups excluding carboxylic acids is 1. The second-order valence-corrected chi connectivity index (χ2v) is 9.49. The molecular weight excluding hydrogens is 410 g/mol. The molecule has 1 aromatic carbocycles. The van der Waals surface area contributed by atoms with Gasteiger partial charge >= 0.3 is 6.09 Å². The molecule has 7 nitrogen and oxygen atoms in total. The summed E-state index contributed by atoms with van der Waals surface area (Å²) < 4.78 is 5.35. The Morgan fingerprint density at radius 2 is 2.17 bits per heavy atom. The monoisotopic (exact) mass is 435 g/mol. The number of hydrogen-bond acceptors (Lipinski definition) is 7. The minimum absolute atomic E-state index is 0.280. The van der Waals surface area contributed by atoms with Crippen molar-refractivity contribution in [3.05, 3.63) is 35.6 Å². The van der Waals surface area contributed by atoms with Crippen molar-refractivity contribution in [3.63, 3.8) is 0 Å². The Hall–Kier alpha value is -2.19. The van der Waals surface area contributed by atoms with E-state index >= 15 is 0 Å². The molecule has 1 atom stereocenters. The lowest BCUT2D eigenvalue weighted by Gasteiger charge is -2.21. The van der Waals surface area contributed by atoms with Gasteiger partial charge < -0.3 is 20.7 Å². The summed E-state index contributed by atoms with van der Waals surface area (Å²) in [5, 5.41) is 4.08. The summed E-state index contributed by atoms with van der Waals surface area (Å²) in [5.41, 5.74) is 6.09. The number of amides is 1. The summed E-state index contributed by atoms with van der Waals surface area (Å²) >= 11 is 7.67. The van der Waals surface area contributed by atoms with Crippen molar-refractivity contribution in [2.24, 2.45) is 5.92 Å². The fourth-order valence-electron chi connectivity index (χ4n) is 2.96. The Bertz CT molecular complexity index is 857. The first-order valence-corrected chi connectivity index (χ1v) is 10.6. The van der Waals surface area contributed by atoms with Gasteiger partial charge in [-0.1, -0.05) is 29.4 Å². The molecule has 1 fully saturated rings. The van der Waals surface area contributed by atoms with Crippen LogP contribution < -0.4 is 16.0 Å². The molecule has 1 saturated heterocycles. The first kappa shape index (κ1) is 21.5. The van der Waals surface area contributed by atoms with Gasteiger partial charge in [0.25, 0.3) is 0 Å². The van der Waals surface area contributed by atoms with Crippen LogP contribution in [0, 0.1) is 5.92 Å².